The molecule has 0 saturated carbocycles. The van der Waals surface area contributed by atoms with Crippen LogP contribution in [-0.4, -0.2) is 41.0 Å². The molecule has 0 N–H and O–H groups in total. The highest BCUT2D eigenvalue weighted by Crippen LogP contribution is 2.20. The fourth-order valence-electron chi connectivity index (χ4n) is 2.91. The molecule has 3 rings (SSSR count). The summed E-state index contributed by atoms with van der Waals surface area (Å²) < 4.78 is 7.45. The Morgan fingerprint density at radius 1 is 1.37 bits per heavy atom. The summed E-state index contributed by atoms with van der Waals surface area (Å²) >= 11 is 0. The van der Waals surface area contributed by atoms with Gasteiger partial charge in [-0.15, -0.1) is 0 Å². The Balaban J connectivity index is 1.87. The molecule has 1 aliphatic heterocycles. The predicted molar refractivity (Wildman–Crippen MR) is 75.7 cm³/mol. The maximum absolute atomic E-state index is 5.30. The average molecular weight is 259 g/mol. The average Bonchev–Trinajstić information content (AvgIpc) is 2.84. The second-order valence-corrected chi connectivity index (χ2v) is 5.37. The van der Waals surface area contributed by atoms with E-state index in [1.807, 2.05) is 18.5 Å². The van der Waals surface area contributed by atoms with Gasteiger partial charge in [-0.05, 0) is 38.6 Å². The van der Waals surface area contributed by atoms with E-state index in [2.05, 4.69) is 27.4 Å². The van der Waals surface area contributed by atoms with Crippen LogP contribution in [0.15, 0.2) is 24.5 Å². The SMILES string of the molecule is COc1ccc2cnc(CC3CCCCN3C)n2c1. The molecular formula is C15H21N3O. The third-order valence-corrected chi connectivity index (χ3v) is 4.15. The molecule has 2 aromatic heterocycles. The summed E-state index contributed by atoms with van der Waals surface area (Å²) in [5, 5.41) is 0. The van der Waals surface area contributed by atoms with Gasteiger partial charge >= 0.3 is 0 Å². The lowest BCUT2D eigenvalue weighted by Gasteiger charge is -2.32. The van der Waals surface area contributed by atoms with Crippen molar-refractivity contribution < 1.29 is 4.74 Å². The number of nitrogens with zero attached hydrogens (tertiary/aromatic N) is 3. The predicted octanol–water partition coefficient (Wildman–Crippen LogP) is 2.37. The highest BCUT2D eigenvalue weighted by molar-refractivity contribution is 5.48. The van der Waals surface area contributed by atoms with Crippen molar-refractivity contribution in [2.45, 2.75) is 31.7 Å². The molecule has 2 aromatic rings. The van der Waals surface area contributed by atoms with E-state index in [9.17, 15) is 0 Å². The van der Waals surface area contributed by atoms with Crippen molar-refractivity contribution in [1.29, 1.82) is 0 Å². The molecule has 0 aliphatic carbocycles. The van der Waals surface area contributed by atoms with Crippen LogP contribution in [0.3, 0.4) is 0 Å². The van der Waals surface area contributed by atoms with Gasteiger partial charge in [0.25, 0.3) is 0 Å². The second-order valence-electron chi connectivity index (χ2n) is 5.37. The quantitative estimate of drug-likeness (QED) is 0.847. The van der Waals surface area contributed by atoms with Crippen molar-refractivity contribution in [3.8, 4) is 5.75 Å². The molecule has 1 fully saturated rings. The van der Waals surface area contributed by atoms with Crippen LogP contribution in [0.25, 0.3) is 5.52 Å². The molecule has 1 unspecified atom stereocenters. The number of piperidine rings is 1. The minimum atomic E-state index is 0.616. The first-order chi connectivity index (χ1) is 9.28. The van der Waals surface area contributed by atoms with Gasteiger partial charge in [-0.2, -0.15) is 0 Å². The number of rotatable bonds is 3. The monoisotopic (exact) mass is 259 g/mol. The van der Waals surface area contributed by atoms with E-state index in [1.165, 1.54) is 25.8 Å². The van der Waals surface area contributed by atoms with E-state index in [-0.39, 0.29) is 0 Å². The lowest BCUT2D eigenvalue weighted by atomic mass is 10.00. The zero-order valence-electron chi connectivity index (χ0n) is 11.7. The molecule has 0 spiro atoms. The molecular weight excluding hydrogens is 238 g/mol. The molecule has 0 radical (unpaired) electrons. The normalized spacial score (nSPS) is 20.8. The lowest BCUT2D eigenvalue weighted by Crippen LogP contribution is -2.38. The van der Waals surface area contributed by atoms with E-state index in [0.29, 0.717) is 6.04 Å². The standard InChI is InChI=1S/C15H21N3O/c1-17-8-4-3-5-12(17)9-15-16-10-13-6-7-14(19-2)11-18(13)15/h6-7,10-12H,3-5,8-9H2,1-2H3. The Bertz CT molecular complexity index is 564. The third-order valence-electron chi connectivity index (χ3n) is 4.15. The van der Waals surface area contributed by atoms with Crippen LogP contribution < -0.4 is 4.74 Å². The zero-order valence-corrected chi connectivity index (χ0v) is 11.7. The molecule has 4 heteroatoms. The Kier molecular flexibility index (Phi) is 3.42. The second kappa shape index (κ2) is 5.21. The van der Waals surface area contributed by atoms with Crippen molar-refractivity contribution in [3.05, 3.63) is 30.4 Å². The number of hydrogen-bond donors (Lipinski definition) is 0. The molecule has 3 heterocycles. The third kappa shape index (κ3) is 2.45. The first-order valence-electron chi connectivity index (χ1n) is 6.98. The molecule has 19 heavy (non-hydrogen) atoms. The van der Waals surface area contributed by atoms with Gasteiger partial charge in [0.15, 0.2) is 0 Å². The smallest absolute Gasteiger partial charge is 0.135 e. The summed E-state index contributed by atoms with van der Waals surface area (Å²) in [7, 11) is 3.92. The van der Waals surface area contributed by atoms with Crippen LogP contribution in [0.1, 0.15) is 25.1 Å². The number of fused-ring (bicyclic) bond motifs is 1. The Hall–Kier alpha value is -1.55. The van der Waals surface area contributed by atoms with Crippen molar-refractivity contribution >= 4 is 5.52 Å². The van der Waals surface area contributed by atoms with Gasteiger partial charge in [0.05, 0.1) is 25.0 Å². The van der Waals surface area contributed by atoms with Crippen molar-refractivity contribution in [3.63, 3.8) is 0 Å². The van der Waals surface area contributed by atoms with Crippen LogP contribution in [0.4, 0.5) is 0 Å². The van der Waals surface area contributed by atoms with Gasteiger partial charge in [0, 0.05) is 12.5 Å². The molecule has 0 bridgehead atoms. The molecule has 0 aromatic carbocycles. The van der Waals surface area contributed by atoms with Crippen molar-refractivity contribution in [2.24, 2.45) is 0 Å². The Morgan fingerprint density at radius 2 is 2.26 bits per heavy atom. The van der Waals surface area contributed by atoms with Gasteiger partial charge in [-0.3, -0.25) is 4.40 Å². The summed E-state index contributed by atoms with van der Waals surface area (Å²) in [6.45, 7) is 1.21. The van der Waals surface area contributed by atoms with E-state index >= 15 is 0 Å². The van der Waals surface area contributed by atoms with Crippen LogP contribution in [0.2, 0.25) is 0 Å². The fraction of sp³-hybridized carbons (Fsp3) is 0.533. The number of imidazole rings is 1. The number of methoxy groups -OCH3 is 1. The maximum atomic E-state index is 5.30. The first-order valence-corrected chi connectivity index (χ1v) is 6.98. The maximum Gasteiger partial charge on any atom is 0.135 e. The van der Waals surface area contributed by atoms with E-state index < -0.39 is 0 Å². The first kappa shape index (κ1) is 12.5. The lowest BCUT2D eigenvalue weighted by molar-refractivity contribution is 0.182. The zero-order chi connectivity index (χ0) is 13.2. The van der Waals surface area contributed by atoms with Crippen LogP contribution in [-0.2, 0) is 6.42 Å². The molecule has 4 nitrogen and oxygen atoms in total. The molecule has 0 amide bonds. The number of aromatic nitrogens is 2. The van der Waals surface area contributed by atoms with Gasteiger partial charge in [-0.25, -0.2) is 4.98 Å². The van der Waals surface area contributed by atoms with Crippen LogP contribution in [0, 0.1) is 0 Å². The summed E-state index contributed by atoms with van der Waals surface area (Å²) in [6.07, 6.45) is 8.91. The minimum absolute atomic E-state index is 0.616. The molecule has 1 atom stereocenters. The Morgan fingerprint density at radius 3 is 3.05 bits per heavy atom. The van der Waals surface area contributed by atoms with Gasteiger partial charge in [-0.1, -0.05) is 6.42 Å². The number of likely N-dealkylation sites (tertiary alicyclic amines) is 1. The van der Waals surface area contributed by atoms with Gasteiger partial charge < -0.3 is 9.64 Å². The summed E-state index contributed by atoms with van der Waals surface area (Å²) in [5.41, 5.74) is 1.13. The topological polar surface area (TPSA) is 29.8 Å². The number of pyridine rings is 1. The highest BCUT2D eigenvalue weighted by Gasteiger charge is 2.20. The van der Waals surface area contributed by atoms with Crippen molar-refractivity contribution in [1.82, 2.24) is 14.3 Å². The number of ether oxygens (including phenoxy) is 1. The van der Waals surface area contributed by atoms with Crippen LogP contribution in [0.5, 0.6) is 5.75 Å². The summed E-state index contributed by atoms with van der Waals surface area (Å²) in [6, 6.07) is 4.65. The summed E-state index contributed by atoms with van der Waals surface area (Å²) in [4.78, 5) is 7.04. The largest absolute Gasteiger partial charge is 0.495 e. The molecule has 102 valence electrons. The summed E-state index contributed by atoms with van der Waals surface area (Å²) in [5.74, 6) is 2.01. The van der Waals surface area contributed by atoms with E-state index in [0.717, 1.165) is 23.5 Å². The number of hydrogen-bond acceptors (Lipinski definition) is 3. The minimum Gasteiger partial charge on any atom is -0.495 e. The van der Waals surface area contributed by atoms with E-state index in [1.54, 1.807) is 7.11 Å². The molecule has 1 saturated heterocycles. The highest BCUT2D eigenvalue weighted by atomic mass is 16.5. The fourth-order valence-corrected chi connectivity index (χ4v) is 2.91. The molecule has 1 aliphatic rings. The van der Waals surface area contributed by atoms with Gasteiger partial charge in [0.1, 0.15) is 11.6 Å². The number of likely N-dealkylation sites (N-methyl/N-ethyl adjacent to an activating group) is 1. The van der Waals surface area contributed by atoms with E-state index in [4.69, 9.17) is 4.74 Å². The Labute approximate surface area is 114 Å². The van der Waals surface area contributed by atoms with Crippen LogP contribution >= 0.6 is 0 Å². The van der Waals surface area contributed by atoms with Gasteiger partial charge in [0.2, 0.25) is 0 Å². The van der Waals surface area contributed by atoms with Crippen molar-refractivity contribution in [2.75, 3.05) is 20.7 Å².